The topological polar surface area (TPSA) is 128 Å². The molecular weight excluding hydrogens is 550 g/mol. The molecule has 1 aromatic heterocycles. The zero-order chi connectivity index (χ0) is 27.1. The summed E-state index contributed by atoms with van der Waals surface area (Å²) in [5, 5.41) is 6.58. The maximum absolute atomic E-state index is 13.1. The number of anilines is 1. The number of thiophene rings is 1. The van der Waals surface area contributed by atoms with Gasteiger partial charge in [0.15, 0.2) is 0 Å². The molecule has 2 saturated heterocycles. The molecule has 4 rings (SSSR count). The maximum atomic E-state index is 13.1. The van der Waals surface area contributed by atoms with E-state index in [1.807, 2.05) is 18.2 Å². The number of amides is 4. The number of hydrogen-bond donors (Lipinski definition) is 3. The third kappa shape index (κ3) is 7.79. The van der Waals surface area contributed by atoms with Gasteiger partial charge in [0.25, 0.3) is 0 Å². The lowest BCUT2D eigenvalue weighted by molar-refractivity contribution is -0.143. The number of nitrogens with one attached hydrogen (secondary N) is 3. The van der Waals surface area contributed by atoms with Gasteiger partial charge in [-0.3, -0.25) is 9.59 Å². The van der Waals surface area contributed by atoms with Gasteiger partial charge in [0, 0.05) is 41.6 Å². The van der Waals surface area contributed by atoms with E-state index in [9.17, 15) is 22.8 Å². The summed E-state index contributed by atoms with van der Waals surface area (Å²) in [6.45, 7) is 1.08. The molecule has 0 bridgehead atoms. The summed E-state index contributed by atoms with van der Waals surface area (Å²) in [6.07, 6.45) is 3.90. The Kier molecular flexibility index (Phi) is 9.42. The average molecular weight is 580 g/mol. The average Bonchev–Trinajstić information content (AvgIpc) is 3.53. The molecule has 0 aliphatic carbocycles. The number of carbonyl (C=O) groups is 3. The van der Waals surface area contributed by atoms with Crippen LogP contribution in [0.1, 0.15) is 30.6 Å². The summed E-state index contributed by atoms with van der Waals surface area (Å²) in [5.41, 5.74) is 0.671. The van der Waals surface area contributed by atoms with Gasteiger partial charge < -0.3 is 20.4 Å². The van der Waals surface area contributed by atoms with Crippen molar-refractivity contribution in [2.24, 2.45) is 0 Å². The number of piperidine rings is 1. The van der Waals surface area contributed by atoms with E-state index >= 15 is 0 Å². The number of halogens is 1. The molecule has 38 heavy (non-hydrogen) atoms. The lowest BCUT2D eigenvalue weighted by Gasteiger charge is -2.34. The number of sulfonamides is 1. The van der Waals surface area contributed by atoms with Gasteiger partial charge in [-0.1, -0.05) is 29.8 Å². The van der Waals surface area contributed by atoms with Crippen molar-refractivity contribution < 1.29 is 22.8 Å². The van der Waals surface area contributed by atoms with Crippen LogP contribution in [-0.4, -0.2) is 74.3 Å². The fourth-order valence-electron chi connectivity index (χ4n) is 4.56. The standard InChI is InChI=1S/C25H30ClN5O5S2/c26-22-11-10-20(37-22)12-15-38(35,36)29-21-9-5-13-30(24(21)33)17-23(32)31-14-4-8-19(31)16-27-25(34)28-18-6-2-1-3-7-18/h1-3,6-7,10-12,15,19,21,29H,4-5,8-9,13-14,16-17H2,(H2,27,28,34)/b15-12+. The number of likely N-dealkylation sites (tertiary alicyclic amines) is 2. The van der Waals surface area contributed by atoms with Crippen LogP contribution < -0.4 is 15.4 Å². The van der Waals surface area contributed by atoms with Crippen LogP contribution in [0.15, 0.2) is 47.9 Å². The minimum Gasteiger partial charge on any atom is -0.336 e. The van der Waals surface area contributed by atoms with Crippen LogP contribution in [0, 0.1) is 0 Å². The molecule has 0 saturated carbocycles. The predicted molar refractivity (Wildman–Crippen MR) is 148 cm³/mol. The molecule has 204 valence electrons. The van der Waals surface area contributed by atoms with Crippen LogP contribution >= 0.6 is 22.9 Å². The van der Waals surface area contributed by atoms with Crippen LogP contribution in [0.3, 0.4) is 0 Å². The Morgan fingerprint density at radius 2 is 1.84 bits per heavy atom. The molecule has 1 aromatic carbocycles. The summed E-state index contributed by atoms with van der Waals surface area (Å²) in [4.78, 5) is 42.1. The second-order valence-corrected chi connectivity index (χ2v) is 12.5. The van der Waals surface area contributed by atoms with E-state index in [1.165, 1.54) is 22.3 Å². The highest BCUT2D eigenvalue weighted by Gasteiger charge is 2.35. The summed E-state index contributed by atoms with van der Waals surface area (Å²) in [7, 11) is -3.87. The second kappa shape index (κ2) is 12.7. The zero-order valence-corrected chi connectivity index (χ0v) is 23.0. The monoisotopic (exact) mass is 579 g/mol. The normalized spacial score (nSPS) is 20.2. The molecule has 2 aliphatic rings. The second-order valence-electron chi connectivity index (χ2n) is 9.15. The molecule has 2 aliphatic heterocycles. The summed E-state index contributed by atoms with van der Waals surface area (Å²) >= 11 is 7.12. The van der Waals surface area contributed by atoms with Gasteiger partial charge in [0.1, 0.15) is 6.04 Å². The van der Waals surface area contributed by atoms with E-state index in [0.29, 0.717) is 47.4 Å². The van der Waals surface area contributed by atoms with Gasteiger partial charge in [-0.15, -0.1) is 11.3 Å². The number of rotatable bonds is 9. The van der Waals surface area contributed by atoms with Crippen LogP contribution in [0.5, 0.6) is 0 Å². The third-order valence-electron chi connectivity index (χ3n) is 6.40. The number of carbonyl (C=O) groups excluding carboxylic acids is 3. The molecule has 10 nitrogen and oxygen atoms in total. The van der Waals surface area contributed by atoms with E-state index in [2.05, 4.69) is 15.4 Å². The van der Waals surface area contributed by atoms with Gasteiger partial charge in [0.2, 0.25) is 21.8 Å². The molecule has 3 N–H and O–H groups in total. The first-order valence-corrected chi connectivity index (χ1v) is 15.1. The highest BCUT2D eigenvalue weighted by molar-refractivity contribution is 7.92. The Balaban J connectivity index is 1.28. The van der Waals surface area contributed by atoms with Crippen molar-refractivity contribution in [1.29, 1.82) is 0 Å². The number of benzene rings is 1. The Morgan fingerprint density at radius 1 is 1.08 bits per heavy atom. The highest BCUT2D eigenvalue weighted by Crippen LogP contribution is 2.23. The molecule has 2 fully saturated rings. The van der Waals surface area contributed by atoms with Gasteiger partial charge in [-0.2, -0.15) is 4.72 Å². The van der Waals surface area contributed by atoms with E-state index < -0.39 is 22.0 Å². The van der Waals surface area contributed by atoms with Crippen molar-refractivity contribution in [3.63, 3.8) is 0 Å². The van der Waals surface area contributed by atoms with Crippen molar-refractivity contribution in [2.45, 2.75) is 37.8 Å². The largest absolute Gasteiger partial charge is 0.336 e. The Morgan fingerprint density at radius 3 is 2.58 bits per heavy atom. The van der Waals surface area contributed by atoms with E-state index in [0.717, 1.165) is 18.2 Å². The molecule has 0 spiro atoms. The SMILES string of the molecule is O=C(NCC1CCCN1C(=O)CN1CCCC(NS(=O)(=O)/C=C/c2ccc(Cl)s2)C1=O)Nc1ccccc1. The first-order chi connectivity index (χ1) is 18.2. The molecule has 2 atom stereocenters. The molecule has 13 heteroatoms. The van der Waals surface area contributed by atoms with E-state index in [1.54, 1.807) is 29.2 Å². The lowest BCUT2D eigenvalue weighted by atomic mass is 10.1. The summed E-state index contributed by atoms with van der Waals surface area (Å²) in [5.74, 6) is -0.638. The minimum absolute atomic E-state index is 0.132. The van der Waals surface area contributed by atoms with Crippen molar-refractivity contribution in [1.82, 2.24) is 19.8 Å². The fourth-order valence-corrected chi connectivity index (χ4v) is 6.63. The first kappa shape index (κ1) is 28.1. The quantitative estimate of drug-likeness (QED) is 0.421. The van der Waals surface area contributed by atoms with Gasteiger partial charge in [0.05, 0.1) is 10.9 Å². The fraction of sp³-hybridized carbons (Fsp3) is 0.400. The summed E-state index contributed by atoms with van der Waals surface area (Å²) < 4.78 is 28.1. The Bertz CT molecular complexity index is 1280. The molecule has 2 unspecified atom stereocenters. The van der Waals surface area contributed by atoms with E-state index in [-0.39, 0.29) is 24.5 Å². The zero-order valence-electron chi connectivity index (χ0n) is 20.6. The molecule has 3 heterocycles. The molecular formula is C25H30ClN5O5S2. The lowest BCUT2D eigenvalue weighted by Crippen LogP contribution is -2.55. The molecule has 2 aromatic rings. The minimum atomic E-state index is -3.87. The Labute approximate surface area is 231 Å². The third-order valence-corrected chi connectivity index (χ3v) is 8.70. The summed E-state index contributed by atoms with van der Waals surface area (Å²) in [6, 6.07) is 11.0. The van der Waals surface area contributed by atoms with E-state index in [4.69, 9.17) is 11.6 Å². The predicted octanol–water partition coefficient (Wildman–Crippen LogP) is 3.10. The van der Waals surface area contributed by atoms with Gasteiger partial charge in [-0.05, 0) is 56.0 Å². The van der Waals surface area contributed by atoms with Crippen molar-refractivity contribution >= 4 is 62.6 Å². The molecule has 4 amide bonds. The van der Waals surface area contributed by atoms with Gasteiger partial charge >= 0.3 is 6.03 Å². The highest BCUT2D eigenvalue weighted by atomic mass is 35.5. The number of nitrogens with zero attached hydrogens (tertiary/aromatic N) is 2. The number of para-hydroxylation sites is 1. The maximum Gasteiger partial charge on any atom is 0.319 e. The number of hydrogen-bond acceptors (Lipinski definition) is 6. The van der Waals surface area contributed by atoms with Gasteiger partial charge in [-0.25, -0.2) is 13.2 Å². The van der Waals surface area contributed by atoms with Crippen molar-refractivity contribution in [3.8, 4) is 0 Å². The van der Waals surface area contributed by atoms with Crippen LogP contribution in [0.2, 0.25) is 4.34 Å². The first-order valence-electron chi connectivity index (χ1n) is 12.3. The molecule has 0 radical (unpaired) electrons. The van der Waals surface area contributed by atoms with Crippen LogP contribution in [0.4, 0.5) is 10.5 Å². The Hall–Kier alpha value is -2.93. The van der Waals surface area contributed by atoms with Crippen molar-refractivity contribution in [2.75, 3.05) is 31.5 Å². The van der Waals surface area contributed by atoms with Crippen molar-refractivity contribution in [3.05, 3.63) is 57.1 Å². The van der Waals surface area contributed by atoms with Crippen LogP contribution in [-0.2, 0) is 19.6 Å². The smallest absolute Gasteiger partial charge is 0.319 e. The van der Waals surface area contributed by atoms with Crippen LogP contribution in [0.25, 0.3) is 6.08 Å². The number of urea groups is 1.